The Labute approximate surface area is 150 Å². The average Bonchev–Trinajstić information content (AvgIpc) is 3.22. The molecule has 3 rings (SSSR count). The summed E-state index contributed by atoms with van der Waals surface area (Å²) in [6, 6.07) is 11.4. The Balaban J connectivity index is 1.82. The number of carbonyl (C=O) groups is 1. The molecule has 0 unspecified atom stereocenters. The third-order valence-electron chi connectivity index (χ3n) is 3.62. The van der Waals surface area contributed by atoms with Crippen LogP contribution in [0.15, 0.2) is 48.8 Å². The molecule has 6 heteroatoms. The number of nitrogens with zero attached hydrogens (tertiary/aromatic N) is 2. The van der Waals surface area contributed by atoms with Crippen molar-refractivity contribution in [2.24, 2.45) is 0 Å². The van der Waals surface area contributed by atoms with E-state index in [4.69, 9.17) is 11.6 Å². The van der Waals surface area contributed by atoms with Gasteiger partial charge in [-0.05, 0) is 29.7 Å². The number of rotatable bonds is 5. The predicted molar refractivity (Wildman–Crippen MR) is 98.2 cm³/mol. The van der Waals surface area contributed by atoms with Crippen LogP contribution in [0.25, 0.3) is 5.13 Å². The molecule has 0 bridgehead atoms. The maximum Gasteiger partial charge on any atom is 0.263 e. The summed E-state index contributed by atoms with van der Waals surface area (Å²) in [5.74, 6) is 0.0566. The highest BCUT2D eigenvalue weighted by atomic mass is 35.5. The van der Waals surface area contributed by atoms with E-state index < -0.39 is 0 Å². The molecule has 0 aliphatic heterocycles. The highest BCUT2D eigenvalue weighted by molar-refractivity contribution is 7.16. The lowest BCUT2D eigenvalue weighted by atomic mass is 10.1. The van der Waals surface area contributed by atoms with E-state index in [2.05, 4.69) is 10.3 Å². The number of hydrogen-bond acceptors (Lipinski definition) is 3. The molecule has 1 aromatic carbocycles. The van der Waals surface area contributed by atoms with E-state index in [-0.39, 0.29) is 11.8 Å². The third kappa shape index (κ3) is 3.52. The Hall–Kier alpha value is -2.11. The molecule has 1 N–H and O–H groups in total. The highest BCUT2D eigenvalue weighted by Gasteiger charge is 2.20. The minimum atomic E-state index is -0.116. The van der Waals surface area contributed by atoms with Crippen molar-refractivity contribution in [1.29, 1.82) is 0 Å². The van der Waals surface area contributed by atoms with Crippen LogP contribution in [-0.4, -0.2) is 15.5 Å². The molecule has 0 radical (unpaired) electrons. The van der Waals surface area contributed by atoms with Crippen LogP contribution in [0, 0.1) is 0 Å². The normalized spacial score (nSPS) is 11.0. The van der Waals surface area contributed by atoms with Crippen LogP contribution >= 0.6 is 22.9 Å². The number of nitrogens with one attached hydrogen (secondary N) is 1. The number of benzene rings is 1. The molecular formula is C18H18ClN3OS. The van der Waals surface area contributed by atoms with E-state index in [0.717, 1.165) is 16.4 Å². The molecule has 0 fully saturated rings. The van der Waals surface area contributed by atoms with Gasteiger partial charge in [0.15, 0.2) is 5.13 Å². The highest BCUT2D eigenvalue weighted by Crippen LogP contribution is 2.27. The quantitative estimate of drug-likeness (QED) is 0.721. The van der Waals surface area contributed by atoms with Crippen molar-refractivity contribution < 1.29 is 4.79 Å². The van der Waals surface area contributed by atoms with Crippen LogP contribution in [0.5, 0.6) is 0 Å². The van der Waals surface area contributed by atoms with Gasteiger partial charge >= 0.3 is 0 Å². The second-order valence-corrected chi connectivity index (χ2v) is 7.11. The molecule has 0 spiro atoms. The van der Waals surface area contributed by atoms with Crippen molar-refractivity contribution in [2.75, 3.05) is 0 Å². The fourth-order valence-corrected chi connectivity index (χ4v) is 3.65. The summed E-state index contributed by atoms with van der Waals surface area (Å²) < 4.78 is 1.92. The lowest BCUT2D eigenvalue weighted by molar-refractivity contribution is 0.0953. The molecule has 0 saturated carbocycles. The van der Waals surface area contributed by atoms with Gasteiger partial charge in [0.2, 0.25) is 0 Å². The molecule has 0 aliphatic carbocycles. The van der Waals surface area contributed by atoms with Gasteiger partial charge in [0.05, 0.1) is 5.69 Å². The zero-order chi connectivity index (χ0) is 17.1. The van der Waals surface area contributed by atoms with Crippen molar-refractivity contribution in [2.45, 2.75) is 26.3 Å². The van der Waals surface area contributed by atoms with Gasteiger partial charge in [-0.25, -0.2) is 4.98 Å². The largest absolute Gasteiger partial charge is 0.347 e. The van der Waals surface area contributed by atoms with E-state index in [1.54, 1.807) is 0 Å². The molecule has 0 aliphatic rings. The summed E-state index contributed by atoms with van der Waals surface area (Å²) in [5, 5.41) is 4.40. The van der Waals surface area contributed by atoms with Crippen molar-refractivity contribution in [3.63, 3.8) is 0 Å². The van der Waals surface area contributed by atoms with Gasteiger partial charge in [-0.2, -0.15) is 0 Å². The Morgan fingerprint density at radius 3 is 2.62 bits per heavy atom. The average molecular weight is 360 g/mol. The summed E-state index contributed by atoms with van der Waals surface area (Å²) >= 11 is 7.54. The molecule has 4 nitrogen and oxygen atoms in total. The van der Waals surface area contributed by atoms with Crippen LogP contribution in [0.2, 0.25) is 5.02 Å². The number of thiazole rings is 1. The molecule has 124 valence electrons. The second-order valence-electron chi connectivity index (χ2n) is 5.73. The molecule has 3 aromatic rings. The maximum atomic E-state index is 12.6. The van der Waals surface area contributed by atoms with Crippen molar-refractivity contribution in [3.05, 3.63) is 69.9 Å². The van der Waals surface area contributed by atoms with Gasteiger partial charge in [-0.3, -0.25) is 4.79 Å². The van der Waals surface area contributed by atoms with Crippen LogP contribution in [0.3, 0.4) is 0 Å². The number of amides is 1. The van der Waals surface area contributed by atoms with Gasteiger partial charge in [-0.15, -0.1) is 0 Å². The van der Waals surface area contributed by atoms with Gasteiger partial charge in [0, 0.05) is 24.0 Å². The lowest BCUT2D eigenvalue weighted by Crippen LogP contribution is -2.23. The minimum absolute atomic E-state index is 0.116. The Morgan fingerprint density at radius 2 is 1.96 bits per heavy atom. The van der Waals surface area contributed by atoms with E-state index in [1.807, 2.05) is 67.2 Å². The fraction of sp³-hybridized carbons (Fsp3) is 0.222. The molecule has 0 saturated heterocycles. The number of halogens is 1. The van der Waals surface area contributed by atoms with Gasteiger partial charge in [0.1, 0.15) is 4.88 Å². The van der Waals surface area contributed by atoms with Gasteiger partial charge < -0.3 is 9.88 Å². The fourth-order valence-electron chi connectivity index (χ4n) is 2.34. The van der Waals surface area contributed by atoms with Crippen molar-refractivity contribution in [3.8, 4) is 5.13 Å². The number of carbonyl (C=O) groups excluding carboxylic acids is 1. The summed E-state index contributed by atoms with van der Waals surface area (Å²) in [7, 11) is 0. The lowest BCUT2D eigenvalue weighted by Gasteiger charge is -2.08. The Kier molecular flexibility index (Phi) is 5.02. The smallest absolute Gasteiger partial charge is 0.263 e. The Morgan fingerprint density at radius 1 is 1.25 bits per heavy atom. The van der Waals surface area contributed by atoms with Crippen LogP contribution in [-0.2, 0) is 6.54 Å². The first kappa shape index (κ1) is 16.7. The summed E-state index contributed by atoms with van der Waals surface area (Å²) in [6.45, 7) is 4.48. The molecule has 24 heavy (non-hydrogen) atoms. The predicted octanol–water partition coefficient (Wildman–Crippen LogP) is 4.64. The zero-order valence-corrected chi connectivity index (χ0v) is 15.1. The van der Waals surface area contributed by atoms with E-state index >= 15 is 0 Å². The minimum Gasteiger partial charge on any atom is -0.347 e. The molecule has 2 aromatic heterocycles. The number of aromatic nitrogens is 2. The standard InChI is InChI=1S/C18H18ClN3OS/c1-12(2)15-16(24-18(21-15)22-9-5-6-10-22)17(23)20-11-13-7-3-4-8-14(13)19/h3-10,12H,11H2,1-2H3,(H,20,23). The molecule has 2 heterocycles. The van der Waals surface area contributed by atoms with Gasteiger partial charge in [-0.1, -0.05) is 55.0 Å². The topological polar surface area (TPSA) is 46.9 Å². The third-order valence-corrected chi connectivity index (χ3v) is 5.07. The van der Waals surface area contributed by atoms with Crippen LogP contribution < -0.4 is 5.32 Å². The molecule has 0 atom stereocenters. The first-order valence-electron chi connectivity index (χ1n) is 7.72. The zero-order valence-electron chi connectivity index (χ0n) is 13.5. The maximum absolute atomic E-state index is 12.6. The molecule has 1 amide bonds. The summed E-state index contributed by atoms with van der Waals surface area (Å²) in [6.07, 6.45) is 3.85. The first-order chi connectivity index (χ1) is 11.6. The molecular weight excluding hydrogens is 342 g/mol. The Bertz CT molecular complexity index is 840. The van der Waals surface area contributed by atoms with Gasteiger partial charge in [0.25, 0.3) is 5.91 Å². The van der Waals surface area contributed by atoms with Crippen LogP contribution in [0.4, 0.5) is 0 Å². The van der Waals surface area contributed by atoms with E-state index in [9.17, 15) is 4.79 Å². The first-order valence-corrected chi connectivity index (χ1v) is 8.91. The van der Waals surface area contributed by atoms with Crippen molar-refractivity contribution in [1.82, 2.24) is 14.9 Å². The van der Waals surface area contributed by atoms with E-state index in [1.165, 1.54) is 11.3 Å². The van der Waals surface area contributed by atoms with Crippen LogP contribution in [0.1, 0.15) is 40.7 Å². The van der Waals surface area contributed by atoms with E-state index in [0.29, 0.717) is 16.4 Å². The summed E-state index contributed by atoms with van der Waals surface area (Å²) in [5.41, 5.74) is 1.72. The monoisotopic (exact) mass is 359 g/mol. The number of hydrogen-bond donors (Lipinski definition) is 1. The SMILES string of the molecule is CC(C)c1nc(-n2cccc2)sc1C(=O)NCc1ccccc1Cl. The van der Waals surface area contributed by atoms with Crippen molar-refractivity contribution >= 4 is 28.8 Å². The summed E-state index contributed by atoms with van der Waals surface area (Å²) in [4.78, 5) is 17.9. The second kappa shape index (κ2) is 7.20.